The summed E-state index contributed by atoms with van der Waals surface area (Å²) in [5.41, 5.74) is 2.12. The average Bonchev–Trinajstić information content (AvgIpc) is 2.53. The summed E-state index contributed by atoms with van der Waals surface area (Å²) in [5.74, 6) is 0.569. The quantitative estimate of drug-likeness (QED) is 0.812. The Bertz CT molecular complexity index is 565. The molecule has 0 saturated carbocycles. The van der Waals surface area contributed by atoms with Crippen molar-refractivity contribution in [1.29, 1.82) is 0 Å². The van der Waals surface area contributed by atoms with E-state index in [-0.39, 0.29) is 0 Å². The Morgan fingerprint density at radius 1 is 1.25 bits per heavy atom. The van der Waals surface area contributed by atoms with Gasteiger partial charge in [-0.15, -0.1) is 11.6 Å². The van der Waals surface area contributed by atoms with E-state index in [1.165, 1.54) is 11.1 Å². The van der Waals surface area contributed by atoms with Gasteiger partial charge in [0.15, 0.2) is 0 Å². The van der Waals surface area contributed by atoms with Crippen LogP contribution in [0.3, 0.4) is 0 Å². The van der Waals surface area contributed by atoms with Crippen LogP contribution >= 0.6 is 11.6 Å². The standard InChI is InChI=1S/C15H18ClN3O/c16-7-10-20-12-5-8-19(9-6-12)15-11-17-18-14-4-2-1-3-13(14)15/h1-4,11-12H,5-10H2. The number of hydrogen-bond donors (Lipinski definition) is 0. The number of anilines is 1. The molecule has 0 amide bonds. The fraction of sp³-hybridized carbons (Fsp3) is 0.467. The minimum absolute atomic E-state index is 0.339. The number of aromatic nitrogens is 2. The van der Waals surface area contributed by atoms with Crippen LogP contribution in [0.5, 0.6) is 0 Å². The number of nitrogens with zero attached hydrogens (tertiary/aromatic N) is 3. The molecule has 1 aromatic heterocycles. The van der Waals surface area contributed by atoms with Gasteiger partial charge in [-0.3, -0.25) is 0 Å². The van der Waals surface area contributed by atoms with Crippen molar-refractivity contribution < 1.29 is 4.74 Å². The number of halogens is 1. The zero-order valence-corrected chi connectivity index (χ0v) is 12.1. The predicted octanol–water partition coefficient (Wildman–Crippen LogP) is 2.85. The van der Waals surface area contributed by atoms with E-state index in [9.17, 15) is 0 Å². The van der Waals surface area contributed by atoms with Crippen molar-refractivity contribution in [3.05, 3.63) is 30.5 Å². The smallest absolute Gasteiger partial charge is 0.0950 e. The molecular weight excluding hydrogens is 274 g/mol. The van der Waals surface area contributed by atoms with Crippen LogP contribution < -0.4 is 4.90 Å². The third-order valence-corrected chi connectivity index (χ3v) is 3.89. The van der Waals surface area contributed by atoms with Crippen molar-refractivity contribution in [3.8, 4) is 0 Å². The minimum Gasteiger partial charge on any atom is -0.377 e. The van der Waals surface area contributed by atoms with E-state index in [4.69, 9.17) is 16.3 Å². The summed E-state index contributed by atoms with van der Waals surface area (Å²) in [6, 6.07) is 8.15. The third kappa shape index (κ3) is 2.86. The van der Waals surface area contributed by atoms with Gasteiger partial charge in [-0.05, 0) is 18.9 Å². The fourth-order valence-corrected chi connectivity index (χ4v) is 2.81. The van der Waals surface area contributed by atoms with Crippen LogP contribution in [0.2, 0.25) is 0 Å². The molecule has 0 aliphatic carbocycles. The van der Waals surface area contributed by atoms with E-state index >= 15 is 0 Å². The van der Waals surface area contributed by atoms with Gasteiger partial charge in [0.1, 0.15) is 0 Å². The summed E-state index contributed by atoms with van der Waals surface area (Å²) in [5, 5.41) is 9.46. The second-order valence-electron chi connectivity index (χ2n) is 4.99. The molecule has 106 valence electrons. The number of alkyl halides is 1. The van der Waals surface area contributed by atoms with Crippen LogP contribution in [0.1, 0.15) is 12.8 Å². The topological polar surface area (TPSA) is 38.2 Å². The molecule has 2 heterocycles. The Hall–Kier alpha value is -1.39. The molecule has 1 aliphatic rings. The molecular formula is C15H18ClN3O. The lowest BCUT2D eigenvalue weighted by atomic mass is 10.1. The Balaban J connectivity index is 1.74. The Morgan fingerprint density at radius 3 is 2.85 bits per heavy atom. The van der Waals surface area contributed by atoms with Crippen LogP contribution in [-0.4, -0.2) is 41.9 Å². The highest BCUT2D eigenvalue weighted by molar-refractivity contribution is 6.17. The number of rotatable bonds is 4. The SMILES string of the molecule is ClCCOC1CCN(c2cnnc3ccccc23)CC1. The van der Waals surface area contributed by atoms with Crippen molar-refractivity contribution in [1.82, 2.24) is 10.2 Å². The Labute approximate surface area is 123 Å². The van der Waals surface area contributed by atoms with E-state index in [1.807, 2.05) is 24.4 Å². The van der Waals surface area contributed by atoms with Crippen LogP contribution in [0.15, 0.2) is 30.5 Å². The lowest BCUT2D eigenvalue weighted by molar-refractivity contribution is 0.0472. The summed E-state index contributed by atoms with van der Waals surface area (Å²) < 4.78 is 5.72. The summed E-state index contributed by atoms with van der Waals surface area (Å²) in [6.45, 7) is 2.62. The van der Waals surface area contributed by atoms with E-state index < -0.39 is 0 Å². The lowest BCUT2D eigenvalue weighted by Crippen LogP contribution is -2.37. The molecule has 4 nitrogen and oxygen atoms in total. The number of hydrogen-bond acceptors (Lipinski definition) is 4. The predicted molar refractivity (Wildman–Crippen MR) is 81.4 cm³/mol. The number of benzene rings is 1. The monoisotopic (exact) mass is 291 g/mol. The van der Waals surface area contributed by atoms with Crippen LogP contribution in [0, 0.1) is 0 Å². The average molecular weight is 292 g/mol. The molecule has 1 aliphatic heterocycles. The van der Waals surface area contributed by atoms with Gasteiger partial charge in [0, 0.05) is 24.4 Å². The Morgan fingerprint density at radius 2 is 2.05 bits per heavy atom. The molecule has 5 heteroatoms. The molecule has 0 atom stereocenters. The van der Waals surface area contributed by atoms with Gasteiger partial charge in [-0.2, -0.15) is 10.2 Å². The maximum Gasteiger partial charge on any atom is 0.0950 e. The lowest BCUT2D eigenvalue weighted by Gasteiger charge is -2.33. The molecule has 0 N–H and O–H groups in total. The van der Waals surface area contributed by atoms with Gasteiger partial charge in [0.25, 0.3) is 0 Å². The normalized spacial score (nSPS) is 16.8. The van der Waals surface area contributed by atoms with E-state index in [1.54, 1.807) is 0 Å². The third-order valence-electron chi connectivity index (χ3n) is 3.74. The van der Waals surface area contributed by atoms with Gasteiger partial charge in [-0.1, -0.05) is 18.2 Å². The molecule has 2 aromatic rings. The molecule has 1 aromatic carbocycles. The molecule has 0 spiro atoms. The summed E-state index contributed by atoms with van der Waals surface area (Å²) in [4.78, 5) is 2.37. The molecule has 0 radical (unpaired) electrons. The first-order valence-electron chi connectivity index (χ1n) is 7.01. The zero-order valence-electron chi connectivity index (χ0n) is 11.3. The van der Waals surface area contributed by atoms with Gasteiger partial charge >= 0.3 is 0 Å². The van der Waals surface area contributed by atoms with Crippen molar-refractivity contribution >= 4 is 28.2 Å². The van der Waals surface area contributed by atoms with Crippen molar-refractivity contribution in [2.45, 2.75) is 18.9 Å². The highest BCUT2D eigenvalue weighted by Gasteiger charge is 2.21. The molecule has 1 saturated heterocycles. The fourth-order valence-electron chi connectivity index (χ4n) is 2.72. The van der Waals surface area contributed by atoms with Crippen molar-refractivity contribution in [2.75, 3.05) is 30.5 Å². The van der Waals surface area contributed by atoms with E-state index in [2.05, 4.69) is 21.2 Å². The molecule has 20 heavy (non-hydrogen) atoms. The summed E-state index contributed by atoms with van der Waals surface area (Å²) in [6.07, 6.45) is 4.27. The van der Waals surface area contributed by atoms with E-state index in [0.29, 0.717) is 18.6 Å². The van der Waals surface area contributed by atoms with Crippen LogP contribution in [0.25, 0.3) is 10.9 Å². The minimum atomic E-state index is 0.339. The first-order chi connectivity index (χ1) is 9.88. The zero-order chi connectivity index (χ0) is 13.8. The number of ether oxygens (including phenoxy) is 1. The maximum absolute atomic E-state index is 5.72. The first-order valence-corrected chi connectivity index (χ1v) is 7.55. The molecule has 0 unspecified atom stereocenters. The summed E-state index contributed by atoms with van der Waals surface area (Å²) >= 11 is 5.66. The second kappa shape index (κ2) is 6.37. The summed E-state index contributed by atoms with van der Waals surface area (Å²) in [7, 11) is 0. The number of fused-ring (bicyclic) bond motifs is 1. The van der Waals surface area contributed by atoms with Crippen molar-refractivity contribution in [3.63, 3.8) is 0 Å². The van der Waals surface area contributed by atoms with Gasteiger partial charge < -0.3 is 9.64 Å². The second-order valence-corrected chi connectivity index (χ2v) is 5.37. The van der Waals surface area contributed by atoms with Crippen molar-refractivity contribution in [2.24, 2.45) is 0 Å². The van der Waals surface area contributed by atoms with Crippen LogP contribution in [-0.2, 0) is 4.74 Å². The molecule has 3 rings (SSSR count). The first kappa shape index (κ1) is 13.6. The largest absolute Gasteiger partial charge is 0.377 e. The maximum atomic E-state index is 5.72. The van der Waals surface area contributed by atoms with E-state index in [0.717, 1.165) is 31.4 Å². The van der Waals surface area contributed by atoms with Gasteiger partial charge in [-0.25, -0.2) is 0 Å². The highest BCUT2D eigenvalue weighted by Crippen LogP contribution is 2.27. The molecule has 0 bridgehead atoms. The van der Waals surface area contributed by atoms with Crippen LogP contribution in [0.4, 0.5) is 5.69 Å². The Kier molecular flexibility index (Phi) is 4.33. The van der Waals surface area contributed by atoms with Gasteiger partial charge in [0.05, 0.1) is 30.1 Å². The molecule has 1 fully saturated rings. The highest BCUT2D eigenvalue weighted by atomic mass is 35.5. The van der Waals surface area contributed by atoms with Gasteiger partial charge in [0.2, 0.25) is 0 Å². The number of piperidine rings is 1.